The van der Waals surface area contributed by atoms with Crippen molar-refractivity contribution in [3.05, 3.63) is 0 Å². The van der Waals surface area contributed by atoms with Gasteiger partial charge in [0.25, 0.3) is 0 Å². The predicted octanol–water partition coefficient (Wildman–Crippen LogP) is -0.540. The number of rotatable bonds is 3. The molecule has 1 saturated carbocycles. The van der Waals surface area contributed by atoms with Crippen molar-refractivity contribution in [1.29, 1.82) is 0 Å². The summed E-state index contributed by atoms with van der Waals surface area (Å²) < 4.78 is 0. The molecule has 0 aromatic heterocycles. The van der Waals surface area contributed by atoms with Crippen molar-refractivity contribution in [2.24, 2.45) is 5.41 Å². The molecule has 3 atom stereocenters. The maximum Gasteiger partial charge on any atom is 0.161 e. The molecule has 4 heteroatoms. The Morgan fingerprint density at radius 3 is 2.69 bits per heavy atom. The van der Waals surface area contributed by atoms with Crippen molar-refractivity contribution in [1.82, 2.24) is 0 Å². The van der Waals surface area contributed by atoms with E-state index < -0.39 is 17.6 Å². The first-order valence-corrected chi connectivity index (χ1v) is 4.49. The van der Waals surface area contributed by atoms with Gasteiger partial charge in [-0.3, -0.25) is 4.79 Å². The molecule has 0 saturated heterocycles. The molecule has 1 aliphatic carbocycles. The van der Waals surface area contributed by atoms with Crippen molar-refractivity contribution in [3.63, 3.8) is 0 Å². The maximum absolute atomic E-state index is 11.1. The number of hydrogen-bond donors (Lipinski definition) is 3. The monoisotopic (exact) mass is 188 g/mol. The van der Waals surface area contributed by atoms with E-state index in [-0.39, 0.29) is 18.8 Å². The van der Waals surface area contributed by atoms with E-state index in [0.717, 1.165) is 0 Å². The zero-order valence-electron chi connectivity index (χ0n) is 7.73. The molecule has 0 spiro atoms. The van der Waals surface area contributed by atoms with Gasteiger partial charge in [0.1, 0.15) is 6.10 Å². The molecule has 0 bridgehead atoms. The number of carbonyl (C=O) groups excluding carboxylic acids is 1. The molecule has 0 aromatic carbocycles. The predicted molar refractivity (Wildman–Crippen MR) is 46.1 cm³/mol. The zero-order chi connectivity index (χ0) is 10.1. The van der Waals surface area contributed by atoms with Gasteiger partial charge in [-0.2, -0.15) is 0 Å². The largest absolute Gasteiger partial charge is 0.394 e. The molecule has 0 aliphatic heterocycles. The van der Waals surface area contributed by atoms with E-state index in [2.05, 4.69) is 0 Å². The molecule has 1 fully saturated rings. The van der Waals surface area contributed by atoms with Crippen LogP contribution in [0.3, 0.4) is 0 Å². The van der Waals surface area contributed by atoms with Crippen LogP contribution in [0.1, 0.15) is 26.2 Å². The van der Waals surface area contributed by atoms with Gasteiger partial charge >= 0.3 is 0 Å². The van der Waals surface area contributed by atoms with Gasteiger partial charge in [-0.25, -0.2) is 0 Å². The molecule has 13 heavy (non-hydrogen) atoms. The van der Waals surface area contributed by atoms with E-state index in [1.54, 1.807) is 6.92 Å². The Morgan fingerprint density at radius 1 is 1.69 bits per heavy atom. The molecule has 76 valence electrons. The lowest BCUT2D eigenvalue weighted by atomic mass is 9.81. The highest BCUT2D eigenvalue weighted by molar-refractivity contribution is 5.86. The van der Waals surface area contributed by atoms with Crippen LogP contribution in [0.15, 0.2) is 0 Å². The Hall–Kier alpha value is -0.450. The Bertz CT molecular complexity index is 204. The van der Waals surface area contributed by atoms with Crippen LogP contribution in [0.4, 0.5) is 0 Å². The number of ketones is 1. The van der Waals surface area contributed by atoms with Gasteiger partial charge in [0.2, 0.25) is 0 Å². The molecule has 0 heterocycles. The number of carbonyl (C=O) groups is 1. The standard InChI is InChI=1S/C9H16O4/c1-9(4-6(11)5-10)3-2-7(12)8(9)13/h6,8,10-11,13H,2-5H2,1H3. The van der Waals surface area contributed by atoms with Crippen LogP contribution >= 0.6 is 0 Å². The molecule has 4 nitrogen and oxygen atoms in total. The van der Waals surface area contributed by atoms with E-state index in [0.29, 0.717) is 12.8 Å². The van der Waals surface area contributed by atoms with Crippen molar-refractivity contribution in [3.8, 4) is 0 Å². The fourth-order valence-corrected chi connectivity index (χ4v) is 1.89. The Labute approximate surface area is 77.2 Å². The third-order valence-electron chi connectivity index (χ3n) is 2.82. The molecule has 0 aromatic rings. The zero-order valence-corrected chi connectivity index (χ0v) is 7.73. The number of aliphatic hydroxyl groups excluding tert-OH is 3. The van der Waals surface area contributed by atoms with Crippen LogP contribution in [-0.2, 0) is 4.79 Å². The fraction of sp³-hybridized carbons (Fsp3) is 0.889. The molecule has 3 unspecified atom stereocenters. The Kier molecular flexibility index (Phi) is 3.05. The first kappa shape index (κ1) is 10.6. The average molecular weight is 188 g/mol. The lowest BCUT2D eigenvalue weighted by Crippen LogP contribution is -2.35. The Morgan fingerprint density at radius 2 is 2.31 bits per heavy atom. The maximum atomic E-state index is 11.1. The minimum atomic E-state index is -0.978. The molecule has 1 rings (SSSR count). The summed E-state index contributed by atoms with van der Waals surface area (Å²) >= 11 is 0. The van der Waals surface area contributed by atoms with Gasteiger partial charge in [0.05, 0.1) is 12.7 Å². The molecule has 0 radical (unpaired) electrons. The normalized spacial score (nSPS) is 36.6. The second-order valence-electron chi connectivity index (χ2n) is 4.06. The van der Waals surface area contributed by atoms with Gasteiger partial charge < -0.3 is 15.3 Å². The van der Waals surface area contributed by atoms with Crippen LogP contribution in [0.2, 0.25) is 0 Å². The molecular weight excluding hydrogens is 172 g/mol. The van der Waals surface area contributed by atoms with Crippen molar-refractivity contribution in [2.75, 3.05) is 6.61 Å². The van der Waals surface area contributed by atoms with Crippen LogP contribution in [0.25, 0.3) is 0 Å². The SMILES string of the molecule is CC1(CC(O)CO)CCC(=O)C1O. The summed E-state index contributed by atoms with van der Waals surface area (Å²) in [7, 11) is 0. The lowest BCUT2D eigenvalue weighted by Gasteiger charge is -2.28. The summed E-state index contributed by atoms with van der Waals surface area (Å²) in [6.07, 6.45) is -0.588. The number of hydrogen-bond acceptors (Lipinski definition) is 4. The lowest BCUT2D eigenvalue weighted by molar-refractivity contribution is -0.128. The summed E-state index contributed by atoms with van der Waals surface area (Å²) in [6, 6.07) is 0. The van der Waals surface area contributed by atoms with E-state index in [1.165, 1.54) is 0 Å². The first-order chi connectivity index (χ1) is 5.99. The van der Waals surface area contributed by atoms with Gasteiger partial charge in [0, 0.05) is 11.8 Å². The summed E-state index contributed by atoms with van der Waals surface area (Å²) in [6.45, 7) is 1.44. The second-order valence-corrected chi connectivity index (χ2v) is 4.06. The summed E-state index contributed by atoms with van der Waals surface area (Å²) in [4.78, 5) is 11.1. The van der Waals surface area contributed by atoms with E-state index in [9.17, 15) is 15.0 Å². The molecule has 3 N–H and O–H groups in total. The smallest absolute Gasteiger partial charge is 0.161 e. The molecular formula is C9H16O4. The minimum absolute atomic E-state index is 0.160. The van der Waals surface area contributed by atoms with Crippen molar-refractivity contribution < 1.29 is 20.1 Å². The highest BCUT2D eigenvalue weighted by atomic mass is 16.3. The van der Waals surface area contributed by atoms with Crippen molar-refractivity contribution in [2.45, 2.75) is 38.4 Å². The number of Topliss-reactive ketones (excluding diaryl/α,β-unsaturated/α-hetero) is 1. The van der Waals surface area contributed by atoms with Gasteiger partial charge in [-0.15, -0.1) is 0 Å². The van der Waals surface area contributed by atoms with Crippen LogP contribution in [-0.4, -0.2) is 39.9 Å². The summed E-state index contributed by atoms with van der Waals surface area (Å²) in [5.41, 5.74) is -0.556. The van der Waals surface area contributed by atoms with E-state index in [1.807, 2.05) is 0 Å². The highest BCUT2D eigenvalue weighted by Gasteiger charge is 2.44. The fourth-order valence-electron chi connectivity index (χ4n) is 1.89. The van der Waals surface area contributed by atoms with E-state index in [4.69, 9.17) is 5.11 Å². The quantitative estimate of drug-likeness (QED) is 0.556. The summed E-state index contributed by atoms with van der Waals surface area (Å²) in [5, 5.41) is 27.4. The number of aliphatic hydroxyl groups is 3. The third kappa shape index (κ3) is 2.07. The van der Waals surface area contributed by atoms with Crippen LogP contribution in [0.5, 0.6) is 0 Å². The van der Waals surface area contributed by atoms with Gasteiger partial charge in [-0.1, -0.05) is 6.92 Å². The van der Waals surface area contributed by atoms with Crippen LogP contribution in [0, 0.1) is 5.41 Å². The highest BCUT2D eigenvalue weighted by Crippen LogP contribution is 2.39. The second kappa shape index (κ2) is 3.74. The average Bonchev–Trinajstić information content (AvgIpc) is 2.34. The third-order valence-corrected chi connectivity index (χ3v) is 2.82. The van der Waals surface area contributed by atoms with Crippen molar-refractivity contribution >= 4 is 5.78 Å². The Balaban J connectivity index is 2.61. The van der Waals surface area contributed by atoms with Crippen LogP contribution < -0.4 is 0 Å². The molecule has 1 aliphatic rings. The minimum Gasteiger partial charge on any atom is -0.394 e. The molecule has 0 amide bonds. The summed E-state index contributed by atoms with van der Waals surface area (Å²) in [5.74, 6) is -0.160. The first-order valence-electron chi connectivity index (χ1n) is 4.49. The van der Waals surface area contributed by atoms with Gasteiger partial charge in [-0.05, 0) is 12.8 Å². The topological polar surface area (TPSA) is 77.8 Å². The van der Waals surface area contributed by atoms with Gasteiger partial charge in [0.15, 0.2) is 5.78 Å². The van der Waals surface area contributed by atoms with E-state index >= 15 is 0 Å².